The molecule has 0 spiro atoms. The van der Waals surface area contributed by atoms with E-state index < -0.39 is 0 Å². The second-order valence-electron chi connectivity index (χ2n) is 6.89. The summed E-state index contributed by atoms with van der Waals surface area (Å²) in [5, 5.41) is 6.51. The summed E-state index contributed by atoms with van der Waals surface area (Å²) in [6.45, 7) is 0.493. The Balaban J connectivity index is 1.55. The van der Waals surface area contributed by atoms with Crippen molar-refractivity contribution in [2.45, 2.75) is 5.92 Å². The number of benzene rings is 2. The molecule has 3 aromatic rings. The molecule has 0 saturated carbocycles. The fourth-order valence-corrected chi connectivity index (χ4v) is 3.48. The summed E-state index contributed by atoms with van der Waals surface area (Å²) in [6.07, 6.45) is 0. The van der Waals surface area contributed by atoms with Crippen LogP contribution >= 0.6 is 0 Å². The second-order valence-corrected chi connectivity index (χ2v) is 6.89. The second kappa shape index (κ2) is 8.32. The van der Waals surface area contributed by atoms with Crippen molar-refractivity contribution in [3.05, 3.63) is 65.7 Å². The van der Waals surface area contributed by atoms with Crippen molar-refractivity contribution in [2.75, 3.05) is 38.5 Å². The number of anilines is 3. The molecule has 0 radical (unpaired) electrons. The molecule has 1 atom stereocenters. The van der Waals surface area contributed by atoms with Gasteiger partial charge in [0.15, 0.2) is 5.78 Å². The SMILES string of the molecule is COc1ccc(Nc2ccc3c(n2)NCC3C(=O)c2cc(OC)cc(OC)c2)cc1. The van der Waals surface area contributed by atoms with E-state index in [-0.39, 0.29) is 11.7 Å². The van der Waals surface area contributed by atoms with Crippen molar-refractivity contribution in [1.82, 2.24) is 4.98 Å². The predicted octanol–water partition coefficient (Wildman–Crippen LogP) is 4.24. The van der Waals surface area contributed by atoms with Gasteiger partial charge in [-0.25, -0.2) is 4.98 Å². The molecule has 0 bridgehead atoms. The molecule has 1 unspecified atom stereocenters. The fraction of sp³-hybridized carbons (Fsp3) is 0.217. The van der Waals surface area contributed by atoms with Crippen molar-refractivity contribution in [3.63, 3.8) is 0 Å². The Morgan fingerprint density at radius 1 is 0.933 bits per heavy atom. The number of fused-ring (bicyclic) bond motifs is 1. The average Bonchev–Trinajstić information content (AvgIpc) is 3.21. The van der Waals surface area contributed by atoms with Crippen LogP contribution in [0.3, 0.4) is 0 Å². The van der Waals surface area contributed by atoms with E-state index in [4.69, 9.17) is 14.2 Å². The van der Waals surface area contributed by atoms with E-state index in [9.17, 15) is 4.79 Å². The van der Waals surface area contributed by atoms with E-state index in [0.29, 0.717) is 35.2 Å². The van der Waals surface area contributed by atoms with Crippen LogP contribution in [0.2, 0.25) is 0 Å². The average molecular weight is 405 g/mol. The van der Waals surface area contributed by atoms with Gasteiger partial charge in [0.1, 0.15) is 28.9 Å². The number of pyridine rings is 1. The van der Waals surface area contributed by atoms with Gasteiger partial charge < -0.3 is 24.8 Å². The number of methoxy groups -OCH3 is 3. The van der Waals surface area contributed by atoms with Crippen molar-refractivity contribution in [3.8, 4) is 17.2 Å². The molecule has 1 aliphatic heterocycles. The first kappa shape index (κ1) is 19.6. The van der Waals surface area contributed by atoms with E-state index >= 15 is 0 Å². The summed E-state index contributed by atoms with van der Waals surface area (Å²) in [5.41, 5.74) is 2.32. The van der Waals surface area contributed by atoms with Crippen LogP contribution in [0, 0.1) is 0 Å². The van der Waals surface area contributed by atoms with Crippen LogP contribution in [-0.2, 0) is 0 Å². The Hall–Kier alpha value is -3.74. The monoisotopic (exact) mass is 405 g/mol. The largest absolute Gasteiger partial charge is 0.497 e. The topological polar surface area (TPSA) is 81.7 Å². The summed E-state index contributed by atoms with van der Waals surface area (Å²) in [7, 11) is 4.77. The number of nitrogens with one attached hydrogen (secondary N) is 2. The van der Waals surface area contributed by atoms with E-state index in [1.165, 1.54) is 0 Å². The van der Waals surface area contributed by atoms with Gasteiger partial charge in [-0.3, -0.25) is 4.79 Å². The highest BCUT2D eigenvalue weighted by atomic mass is 16.5. The molecule has 0 aliphatic carbocycles. The van der Waals surface area contributed by atoms with Crippen LogP contribution in [0.15, 0.2) is 54.6 Å². The first-order valence-corrected chi connectivity index (χ1v) is 9.54. The van der Waals surface area contributed by atoms with Gasteiger partial charge in [-0.05, 0) is 42.5 Å². The van der Waals surface area contributed by atoms with Gasteiger partial charge in [-0.15, -0.1) is 0 Å². The van der Waals surface area contributed by atoms with Gasteiger partial charge in [-0.2, -0.15) is 0 Å². The Bertz CT molecular complexity index is 1040. The van der Waals surface area contributed by atoms with Gasteiger partial charge in [-0.1, -0.05) is 6.07 Å². The molecule has 0 fully saturated rings. The van der Waals surface area contributed by atoms with Crippen molar-refractivity contribution >= 4 is 23.1 Å². The minimum Gasteiger partial charge on any atom is -0.497 e. The Morgan fingerprint density at radius 3 is 2.23 bits per heavy atom. The van der Waals surface area contributed by atoms with Crippen LogP contribution in [0.4, 0.5) is 17.3 Å². The maximum absolute atomic E-state index is 13.2. The fourth-order valence-electron chi connectivity index (χ4n) is 3.48. The van der Waals surface area contributed by atoms with Gasteiger partial charge in [0.2, 0.25) is 0 Å². The number of aromatic nitrogens is 1. The number of carbonyl (C=O) groups is 1. The van der Waals surface area contributed by atoms with Crippen LogP contribution in [0.5, 0.6) is 17.2 Å². The molecule has 2 aromatic carbocycles. The van der Waals surface area contributed by atoms with Gasteiger partial charge >= 0.3 is 0 Å². The van der Waals surface area contributed by atoms with E-state index in [2.05, 4.69) is 15.6 Å². The number of hydrogen-bond donors (Lipinski definition) is 2. The Kier molecular flexibility index (Phi) is 5.43. The molecule has 0 saturated heterocycles. The molecular formula is C23H23N3O4. The number of rotatable bonds is 7. The number of carbonyl (C=O) groups excluding carboxylic acids is 1. The van der Waals surface area contributed by atoms with Gasteiger partial charge in [0.05, 0.1) is 27.2 Å². The minimum absolute atomic E-state index is 0.00360. The molecule has 1 aromatic heterocycles. The molecule has 0 amide bonds. The van der Waals surface area contributed by atoms with Crippen molar-refractivity contribution in [2.24, 2.45) is 0 Å². The number of ether oxygens (including phenoxy) is 3. The molecule has 7 nitrogen and oxygen atoms in total. The summed E-state index contributed by atoms with van der Waals surface area (Å²) in [6, 6.07) is 16.6. The van der Waals surface area contributed by atoms with E-state index in [1.54, 1.807) is 39.5 Å². The lowest BCUT2D eigenvalue weighted by Crippen LogP contribution is -2.15. The lowest BCUT2D eigenvalue weighted by molar-refractivity contribution is 0.0966. The molecule has 2 N–H and O–H groups in total. The van der Waals surface area contributed by atoms with E-state index in [1.807, 2.05) is 36.4 Å². The van der Waals surface area contributed by atoms with Crippen LogP contribution < -0.4 is 24.8 Å². The molecular weight excluding hydrogens is 382 g/mol. The van der Waals surface area contributed by atoms with E-state index in [0.717, 1.165) is 17.0 Å². The van der Waals surface area contributed by atoms with Crippen LogP contribution in [-0.4, -0.2) is 38.6 Å². The molecule has 154 valence electrons. The summed E-state index contributed by atoms with van der Waals surface area (Å²) in [4.78, 5) is 17.8. The smallest absolute Gasteiger partial charge is 0.172 e. The highest BCUT2D eigenvalue weighted by Gasteiger charge is 2.31. The third-order valence-corrected chi connectivity index (χ3v) is 5.09. The first-order chi connectivity index (χ1) is 14.6. The lowest BCUT2D eigenvalue weighted by atomic mass is 9.93. The number of hydrogen-bond acceptors (Lipinski definition) is 7. The molecule has 4 rings (SSSR count). The number of ketones is 1. The van der Waals surface area contributed by atoms with Gasteiger partial charge in [0.25, 0.3) is 0 Å². The summed E-state index contributed by atoms with van der Waals surface area (Å²) in [5.74, 6) is 3.04. The van der Waals surface area contributed by atoms with Crippen molar-refractivity contribution < 1.29 is 19.0 Å². The summed E-state index contributed by atoms with van der Waals surface area (Å²) < 4.78 is 15.8. The standard InChI is InChI=1S/C23H23N3O4/c1-28-16-6-4-15(5-7-16)25-21-9-8-19-20(13-24-23(19)26-21)22(27)14-10-17(29-2)12-18(11-14)30-3/h4-12,20H,13H2,1-3H3,(H2,24,25,26). The quantitative estimate of drug-likeness (QED) is 0.569. The van der Waals surface area contributed by atoms with Crippen LogP contribution in [0.1, 0.15) is 21.8 Å². The Morgan fingerprint density at radius 2 is 1.60 bits per heavy atom. The van der Waals surface area contributed by atoms with Crippen LogP contribution in [0.25, 0.3) is 0 Å². The zero-order valence-electron chi connectivity index (χ0n) is 17.1. The zero-order chi connectivity index (χ0) is 21.1. The van der Waals surface area contributed by atoms with Crippen molar-refractivity contribution in [1.29, 1.82) is 0 Å². The van der Waals surface area contributed by atoms with Gasteiger partial charge in [0, 0.05) is 29.4 Å². The zero-order valence-corrected chi connectivity index (χ0v) is 17.1. The highest BCUT2D eigenvalue weighted by molar-refractivity contribution is 6.03. The maximum atomic E-state index is 13.2. The molecule has 7 heteroatoms. The molecule has 1 aliphatic rings. The predicted molar refractivity (Wildman–Crippen MR) is 116 cm³/mol. The highest BCUT2D eigenvalue weighted by Crippen LogP contribution is 2.35. The molecule has 2 heterocycles. The number of Topliss-reactive ketones (excluding diaryl/α,β-unsaturated/α-hetero) is 1. The lowest BCUT2D eigenvalue weighted by Gasteiger charge is -2.12. The molecule has 30 heavy (non-hydrogen) atoms. The third kappa shape index (κ3) is 3.87. The maximum Gasteiger partial charge on any atom is 0.172 e. The normalized spacial score (nSPS) is 14.4. The third-order valence-electron chi connectivity index (χ3n) is 5.09. The number of nitrogens with zero attached hydrogens (tertiary/aromatic N) is 1. The summed E-state index contributed by atoms with van der Waals surface area (Å²) >= 11 is 0. The Labute approximate surface area is 175 Å². The first-order valence-electron chi connectivity index (χ1n) is 9.54. The minimum atomic E-state index is -0.320.